The maximum atomic E-state index is 12.4. The SMILES string of the molecule is CC[Si](CC)(CC)OC(CCCCC(F)(F)F)c1c(Cl)cncc1Cl. The highest BCUT2D eigenvalue weighted by molar-refractivity contribution is 6.73. The molecule has 1 aromatic heterocycles. The van der Waals surface area contributed by atoms with E-state index in [2.05, 4.69) is 25.8 Å². The van der Waals surface area contributed by atoms with Crippen LogP contribution in [0.5, 0.6) is 0 Å². The van der Waals surface area contributed by atoms with Crippen LogP contribution in [0.25, 0.3) is 0 Å². The van der Waals surface area contributed by atoms with Gasteiger partial charge in [-0.25, -0.2) is 0 Å². The lowest BCUT2D eigenvalue weighted by atomic mass is 10.0. The molecule has 1 heterocycles. The van der Waals surface area contributed by atoms with Crippen LogP contribution in [0.4, 0.5) is 13.2 Å². The number of nitrogens with zero attached hydrogens (tertiary/aromatic N) is 1. The fraction of sp³-hybridized carbons (Fsp3) is 0.706. The first-order valence-electron chi connectivity index (χ1n) is 8.71. The summed E-state index contributed by atoms with van der Waals surface area (Å²) in [7, 11) is -1.97. The smallest absolute Gasteiger partial charge is 0.389 e. The van der Waals surface area contributed by atoms with Crippen molar-refractivity contribution >= 4 is 31.5 Å². The second-order valence-corrected chi connectivity index (χ2v) is 11.8. The van der Waals surface area contributed by atoms with E-state index in [1.54, 1.807) is 0 Å². The molecular weight excluding hydrogens is 390 g/mol. The van der Waals surface area contributed by atoms with E-state index in [-0.39, 0.29) is 12.5 Å². The van der Waals surface area contributed by atoms with Gasteiger partial charge < -0.3 is 4.43 Å². The van der Waals surface area contributed by atoms with Gasteiger partial charge in [0.25, 0.3) is 0 Å². The van der Waals surface area contributed by atoms with Crippen molar-refractivity contribution < 1.29 is 17.6 Å². The first-order valence-corrected chi connectivity index (χ1v) is 12.0. The Balaban J connectivity index is 2.98. The van der Waals surface area contributed by atoms with Crippen LogP contribution in [-0.2, 0) is 4.43 Å². The molecule has 0 spiro atoms. The average Bonchev–Trinajstić information content (AvgIpc) is 2.55. The minimum atomic E-state index is -4.13. The van der Waals surface area contributed by atoms with Crippen LogP contribution in [0.1, 0.15) is 58.1 Å². The molecule has 1 rings (SSSR count). The van der Waals surface area contributed by atoms with Crippen LogP contribution in [-0.4, -0.2) is 19.5 Å². The van der Waals surface area contributed by atoms with Gasteiger partial charge in [-0.3, -0.25) is 4.98 Å². The van der Waals surface area contributed by atoms with Crippen LogP contribution in [0.15, 0.2) is 12.4 Å². The molecule has 25 heavy (non-hydrogen) atoms. The summed E-state index contributed by atoms with van der Waals surface area (Å²) in [5.41, 5.74) is 0.651. The van der Waals surface area contributed by atoms with E-state index in [0.29, 0.717) is 28.5 Å². The molecule has 0 N–H and O–H groups in total. The van der Waals surface area contributed by atoms with Crippen molar-refractivity contribution in [2.24, 2.45) is 0 Å². The maximum Gasteiger partial charge on any atom is 0.389 e. The van der Waals surface area contributed by atoms with Gasteiger partial charge in [-0.15, -0.1) is 0 Å². The summed E-state index contributed by atoms with van der Waals surface area (Å²) in [5.74, 6) is 0. The molecule has 0 saturated heterocycles. The summed E-state index contributed by atoms with van der Waals surface area (Å²) in [6.45, 7) is 6.32. The first-order chi connectivity index (χ1) is 11.7. The molecule has 0 radical (unpaired) electrons. The van der Waals surface area contributed by atoms with Crippen molar-refractivity contribution in [3.63, 3.8) is 0 Å². The van der Waals surface area contributed by atoms with Crippen LogP contribution < -0.4 is 0 Å². The minimum absolute atomic E-state index is 0.0720. The number of halogens is 5. The highest BCUT2D eigenvalue weighted by Crippen LogP contribution is 2.39. The van der Waals surface area contributed by atoms with E-state index in [1.807, 2.05) is 0 Å². The van der Waals surface area contributed by atoms with Crippen LogP contribution in [0, 0.1) is 0 Å². The fourth-order valence-corrected chi connectivity index (χ4v) is 6.40. The molecule has 0 amide bonds. The third-order valence-electron chi connectivity index (χ3n) is 4.71. The van der Waals surface area contributed by atoms with Crippen LogP contribution >= 0.6 is 23.2 Å². The zero-order valence-electron chi connectivity index (χ0n) is 14.9. The Labute approximate surface area is 159 Å². The summed E-state index contributed by atoms with van der Waals surface area (Å²) in [6.07, 6.45) is -1.35. The van der Waals surface area contributed by atoms with Gasteiger partial charge >= 0.3 is 6.18 Å². The molecule has 0 aliphatic carbocycles. The van der Waals surface area contributed by atoms with Crippen molar-refractivity contribution in [2.45, 2.75) is 76.9 Å². The third kappa shape index (κ3) is 7.08. The molecule has 0 bridgehead atoms. The van der Waals surface area contributed by atoms with Gasteiger partial charge in [0.15, 0.2) is 8.32 Å². The van der Waals surface area contributed by atoms with Crippen LogP contribution in [0.2, 0.25) is 28.2 Å². The number of alkyl halides is 3. The van der Waals surface area contributed by atoms with Gasteiger partial charge in [0.05, 0.1) is 16.1 Å². The lowest BCUT2D eigenvalue weighted by Gasteiger charge is -2.34. The van der Waals surface area contributed by atoms with Gasteiger partial charge in [0.1, 0.15) is 0 Å². The van der Waals surface area contributed by atoms with Gasteiger partial charge in [0.2, 0.25) is 0 Å². The first kappa shape index (κ1) is 22.7. The zero-order chi connectivity index (χ0) is 19.1. The molecule has 0 aliphatic rings. The number of rotatable bonds is 10. The molecule has 8 heteroatoms. The highest BCUT2D eigenvalue weighted by atomic mass is 35.5. The molecular formula is C17H26Cl2F3NOSi. The van der Waals surface area contributed by atoms with Gasteiger partial charge in [-0.05, 0) is 31.0 Å². The van der Waals surface area contributed by atoms with E-state index in [4.69, 9.17) is 27.6 Å². The Hall–Kier alpha value is -0.303. The Bertz CT molecular complexity index is 511. The summed E-state index contributed by atoms with van der Waals surface area (Å²) in [6, 6.07) is 2.83. The van der Waals surface area contributed by atoms with Gasteiger partial charge in [-0.2, -0.15) is 13.2 Å². The monoisotopic (exact) mass is 415 g/mol. The summed E-state index contributed by atoms with van der Waals surface area (Å²) >= 11 is 12.6. The molecule has 0 saturated carbocycles. The highest BCUT2D eigenvalue weighted by Gasteiger charge is 2.34. The molecule has 1 aromatic rings. The molecule has 1 atom stereocenters. The quantitative estimate of drug-likeness (QED) is 0.290. The van der Waals surface area contributed by atoms with Crippen molar-refractivity contribution in [3.05, 3.63) is 28.0 Å². The summed E-state index contributed by atoms with van der Waals surface area (Å²) in [4.78, 5) is 3.96. The Morgan fingerprint density at radius 2 is 1.56 bits per heavy atom. The van der Waals surface area contributed by atoms with E-state index >= 15 is 0 Å². The van der Waals surface area contributed by atoms with Gasteiger partial charge in [0, 0.05) is 24.4 Å². The molecule has 0 aromatic carbocycles. The predicted octanol–water partition coefficient (Wildman–Crippen LogP) is 7.57. The Morgan fingerprint density at radius 3 is 2.00 bits per heavy atom. The molecule has 2 nitrogen and oxygen atoms in total. The summed E-state index contributed by atoms with van der Waals surface area (Å²) < 4.78 is 43.7. The molecule has 0 aliphatic heterocycles. The van der Waals surface area contributed by atoms with Crippen molar-refractivity contribution in [2.75, 3.05) is 0 Å². The Morgan fingerprint density at radius 1 is 1.04 bits per heavy atom. The maximum absolute atomic E-state index is 12.4. The normalized spacial score (nSPS) is 13.9. The van der Waals surface area contributed by atoms with E-state index in [0.717, 1.165) is 18.1 Å². The number of hydrogen-bond donors (Lipinski definition) is 0. The number of hydrogen-bond acceptors (Lipinski definition) is 2. The number of unbranched alkanes of at least 4 members (excludes halogenated alkanes) is 1. The topological polar surface area (TPSA) is 22.1 Å². The predicted molar refractivity (Wildman–Crippen MR) is 99.8 cm³/mol. The lowest BCUT2D eigenvalue weighted by Crippen LogP contribution is -2.37. The van der Waals surface area contributed by atoms with Gasteiger partial charge in [-0.1, -0.05) is 50.4 Å². The minimum Gasteiger partial charge on any atom is -0.410 e. The largest absolute Gasteiger partial charge is 0.410 e. The second-order valence-electron chi connectivity index (χ2n) is 6.23. The van der Waals surface area contributed by atoms with Crippen LogP contribution in [0.3, 0.4) is 0 Å². The molecule has 1 unspecified atom stereocenters. The Kier molecular flexibility index (Phi) is 9.22. The van der Waals surface area contributed by atoms with E-state index in [9.17, 15) is 13.2 Å². The average molecular weight is 416 g/mol. The second kappa shape index (κ2) is 10.1. The van der Waals surface area contributed by atoms with Crippen molar-refractivity contribution in [3.8, 4) is 0 Å². The van der Waals surface area contributed by atoms with E-state index in [1.165, 1.54) is 12.4 Å². The van der Waals surface area contributed by atoms with E-state index < -0.39 is 20.9 Å². The summed E-state index contributed by atoms with van der Waals surface area (Å²) in [5, 5.41) is 0.805. The van der Waals surface area contributed by atoms with Crippen molar-refractivity contribution in [1.29, 1.82) is 0 Å². The molecule has 0 fully saturated rings. The zero-order valence-corrected chi connectivity index (χ0v) is 17.4. The molecule has 144 valence electrons. The van der Waals surface area contributed by atoms with Crippen molar-refractivity contribution in [1.82, 2.24) is 4.98 Å². The number of aromatic nitrogens is 1. The standard InChI is InChI=1S/C17H26Cl2F3NOSi/c1-4-25(5-2,6-3)24-15(9-7-8-10-17(20,21)22)16-13(18)11-23-12-14(16)19/h11-12,15H,4-10H2,1-3H3. The third-order valence-corrected chi connectivity index (χ3v) is 9.97. The fourth-order valence-electron chi connectivity index (χ4n) is 2.95. The lowest BCUT2D eigenvalue weighted by molar-refractivity contribution is -0.135. The number of pyridine rings is 1.